The van der Waals surface area contributed by atoms with Crippen molar-refractivity contribution in [1.29, 1.82) is 0 Å². The molecule has 7 heteroatoms. The van der Waals surface area contributed by atoms with Crippen LogP contribution in [-0.2, 0) is 17.6 Å². The lowest BCUT2D eigenvalue weighted by molar-refractivity contribution is -0.139. The molecule has 0 saturated carbocycles. The number of carboxylic acids is 1. The van der Waals surface area contributed by atoms with Crippen LogP contribution in [0.4, 0.5) is 0 Å². The smallest absolute Gasteiger partial charge is 0.326 e. The van der Waals surface area contributed by atoms with Gasteiger partial charge in [-0.1, -0.05) is 79.7 Å². The van der Waals surface area contributed by atoms with Gasteiger partial charge < -0.3 is 15.5 Å². The normalized spacial score (nSPS) is 11.8. The van der Waals surface area contributed by atoms with Gasteiger partial charge in [-0.3, -0.25) is 4.79 Å². The van der Waals surface area contributed by atoms with Crippen LogP contribution in [0, 0.1) is 0 Å². The second kappa shape index (κ2) is 11.1. The number of nitrogens with one attached hydrogen (secondary N) is 1. The Hall–Kier alpha value is -2.24. The van der Waals surface area contributed by atoms with Gasteiger partial charge in [-0.25, -0.2) is 4.79 Å². The van der Waals surface area contributed by atoms with Crippen LogP contribution in [0.25, 0.3) is 0 Å². The summed E-state index contributed by atoms with van der Waals surface area (Å²) in [4.78, 5) is 24.2. The van der Waals surface area contributed by atoms with E-state index in [1.54, 1.807) is 24.3 Å². The van der Waals surface area contributed by atoms with Crippen molar-refractivity contribution in [3.05, 3.63) is 63.1 Å². The van der Waals surface area contributed by atoms with E-state index in [1.165, 1.54) is 6.07 Å². The SMILES string of the molecule is CCCCCCc1c(Cl)cc(C(=O)N[C@@H](Cc2ccccc2)C(=O)O)c(O)c1Cl. The molecule has 0 fully saturated rings. The van der Waals surface area contributed by atoms with Crippen molar-refractivity contribution < 1.29 is 19.8 Å². The van der Waals surface area contributed by atoms with Crippen molar-refractivity contribution >= 4 is 35.1 Å². The van der Waals surface area contributed by atoms with Gasteiger partial charge in [0.15, 0.2) is 0 Å². The highest BCUT2D eigenvalue weighted by molar-refractivity contribution is 6.37. The van der Waals surface area contributed by atoms with E-state index in [9.17, 15) is 19.8 Å². The number of aromatic hydroxyl groups is 1. The number of carbonyl (C=O) groups excluding carboxylic acids is 1. The molecule has 0 heterocycles. The lowest BCUT2D eigenvalue weighted by atomic mass is 10.0. The van der Waals surface area contributed by atoms with Crippen LogP contribution in [-0.4, -0.2) is 28.1 Å². The number of aliphatic carboxylic acids is 1. The first-order valence-electron chi connectivity index (χ1n) is 9.62. The number of benzene rings is 2. The van der Waals surface area contributed by atoms with Crippen LogP contribution >= 0.6 is 23.2 Å². The van der Waals surface area contributed by atoms with Crippen LogP contribution in [0.2, 0.25) is 10.0 Å². The molecule has 0 radical (unpaired) electrons. The molecule has 1 atom stereocenters. The first kappa shape index (κ1) is 23.0. The fourth-order valence-corrected chi connectivity index (χ4v) is 3.71. The molecule has 0 aliphatic carbocycles. The first-order chi connectivity index (χ1) is 13.8. The summed E-state index contributed by atoms with van der Waals surface area (Å²) < 4.78 is 0. The number of unbranched alkanes of at least 4 members (excludes halogenated alkanes) is 3. The monoisotopic (exact) mass is 437 g/mol. The fraction of sp³-hybridized carbons (Fsp3) is 0.364. The number of amides is 1. The van der Waals surface area contributed by atoms with E-state index in [0.717, 1.165) is 31.2 Å². The van der Waals surface area contributed by atoms with E-state index < -0.39 is 17.9 Å². The van der Waals surface area contributed by atoms with Gasteiger partial charge in [0.2, 0.25) is 0 Å². The molecular formula is C22H25Cl2NO4. The van der Waals surface area contributed by atoms with Gasteiger partial charge in [-0.2, -0.15) is 0 Å². The topological polar surface area (TPSA) is 86.6 Å². The van der Waals surface area contributed by atoms with E-state index >= 15 is 0 Å². The molecule has 0 aromatic heterocycles. The summed E-state index contributed by atoms with van der Waals surface area (Å²) in [6.07, 6.45) is 4.79. The number of hydrogen-bond donors (Lipinski definition) is 3. The Bertz CT molecular complexity index is 856. The van der Waals surface area contributed by atoms with Gasteiger partial charge in [0, 0.05) is 11.4 Å². The molecule has 156 valence electrons. The number of carboxylic acid groups (broad SMARTS) is 1. The quantitative estimate of drug-likeness (QED) is 0.443. The van der Waals surface area contributed by atoms with Gasteiger partial charge in [0.1, 0.15) is 11.8 Å². The molecule has 5 nitrogen and oxygen atoms in total. The standard InChI is InChI=1S/C22H25Cl2NO4/c1-2-3-4-8-11-15-17(23)13-16(20(26)19(15)24)21(27)25-18(22(28)29)12-14-9-6-5-7-10-14/h5-7,9-10,13,18,26H,2-4,8,11-12H2,1H3,(H,25,27)(H,28,29)/t18-/m0/s1. The molecule has 1 amide bonds. The van der Waals surface area contributed by atoms with Gasteiger partial charge >= 0.3 is 5.97 Å². The Kier molecular flexibility index (Phi) is 8.80. The molecular weight excluding hydrogens is 413 g/mol. The molecule has 2 aromatic carbocycles. The second-order valence-corrected chi connectivity index (χ2v) is 7.70. The van der Waals surface area contributed by atoms with E-state index in [0.29, 0.717) is 12.0 Å². The largest absolute Gasteiger partial charge is 0.506 e. The van der Waals surface area contributed by atoms with E-state index in [4.69, 9.17) is 23.2 Å². The number of phenolic OH excluding ortho intramolecular Hbond substituents is 1. The molecule has 0 spiro atoms. The summed E-state index contributed by atoms with van der Waals surface area (Å²) in [6.45, 7) is 2.11. The number of phenols is 1. The van der Waals surface area contributed by atoms with Gasteiger partial charge in [-0.05, 0) is 30.0 Å². The summed E-state index contributed by atoms with van der Waals surface area (Å²) in [5.74, 6) is -2.30. The van der Waals surface area contributed by atoms with Crippen LogP contribution in [0.3, 0.4) is 0 Å². The van der Waals surface area contributed by atoms with Crippen molar-refractivity contribution in [2.45, 2.75) is 51.5 Å². The highest BCUT2D eigenvalue weighted by Gasteiger charge is 2.25. The summed E-state index contributed by atoms with van der Waals surface area (Å²) in [6, 6.07) is 9.15. The van der Waals surface area contributed by atoms with Crippen molar-refractivity contribution in [1.82, 2.24) is 5.32 Å². The van der Waals surface area contributed by atoms with Gasteiger partial charge in [0.05, 0.1) is 10.6 Å². The van der Waals surface area contributed by atoms with Crippen molar-refractivity contribution in [2.75, 3.05) is 0 Å². The fourth-order valence-electron chi connectivity index (χ4n) is 3.06. The minimum atomic E-state index is -1.17. The molecule has 0 aliphatic heterocycles. The molecule has 0 bridgehead atoms. The third-order valence-electron chi connectivity index (χ3n) is 4.70. The maximum Gasteiger partial charge on any atom is 0.326 e. The zero-order valence-corrected chi connectivity index (χ0v) is 17.8. The van der Waals surface area contributed by atoms with Gasteiger partial charge in [-0.15, -0.1) is 0 Å². The zero-order chi connectivity index (χ0) is 21.4. The molecule has 0 aliphatic rings. The molecule has 2 rings (SSSR count). The van der Waals surface area contributed by atoms with Crippen LogP contribution in [0.1, 0.15) is 54.1 Å². The third-order valence-corrected chi connectivity index (χ3v) is 5.44. The minimum Gasteiger partial charge on any atom is -0.506 e. The predicted octanol–water partition coefficient (Wildman–Crippen LogP) is 5.25. The van der Waals surface area contributed by atoms with Crippen molar-refractivity contribution in [2.24, 2.45) is 0 Å². The van der Waals surface area contributed by atoms with Gasteiger partial charge in [0.25, 0.3) is 5.91 Å². The van der Waals surface area contributed by atoms with Crippen molar-refractivity contribution in [3.63, 3.8) is 0 Å². The minimum absolute atomic E-state index is 0.0362. The first-order valence-corrected chi connectivity index (χ1v) is 10.4. The predicted molar refractivity (Wildman–Crippen MR) is 115 cm³/mol. The molecule has 0 unspecified atom stereocenters. The summed E-state index contributed by atoms with van der Waals surface area (Å²) in [7, 11) is 0. The van der Waals surface area contributed by atoms with E-state index in [-0.39, 0.29) is 27.8 Å². The highest BCUT2D eigenvalue weighted by Crippen LogP contribution is 2.37. The Morgan fingerprint density at radius 3 is 2.41 bits per heavy atom. The molecule has 29 heavy (non-hydrogen) atoms. The summed E-state index contributed by atoms with van der Waals surface area (Å²) >= 11 is 12.6. The zero-order valence-electron chi connectivity index (χ0n) is 16.3. The Balaban J connectivity index is 2.17. The highest BCUT2D eigenvalue weighted by atomic mass is 35.5. The third kappa shape index (κ3) is 6.38. The maximum atomic E-state index is 12.6. The number of hydrogen-bond acceptors (Lipinski definition) is 3. The molecule has 2 aromatic rings. The van der Waals surface area contributed by atoms with E-state index in [1.807, 2.05) is 6.07 Å². The summed E-state index contributed by atoms with van der Waals surface area (Å²) in [5.41, 5.74) is 1.22. The average molecular weight is 438 g/mol. The Morgan fingerprint density at radius 1 is 1.10 bits per heavy atom. The van der Waals surface area contributed by atoms with Crippen LogP contribution in [0.15, 0.2) is 36.4 Å². The van der Waals surface area contributed by atoms with Crippen LogP contribution in [0.5, 0.6) is 5.75 Å². The Morgan fingerprint density at radius 2 is 1.79 bits per heavy atom. The van der Waals surface area contributed by atoms with Crippen molar-refractivity contribution in [3.8, 4) is 5.75 Å². The summed E-state index contributed by atoms with van der Waals surface area (Å²) in [5, 5.41) is 22.6. The number of rotatable bonds is 10. The van der Waals surface area contributed by atoms with Crippen LogP contribution < -0.4 is 5.32 Å². The molecule has 3 N–H and O–H groups in total. The Labute approximate surface area is 180 Å². The maximum absolute atomic E-state index is 12.6. The number of carbonyl (C=O) groups is 2. The lowest BCUT2D eigenvalue weighted by Gasteiger charge is -2.17. The molecule has 0 saturated heterocycles. The lowest BCUT2D eigenvalue weighted by Crippen LogP contribution is -2.42. The average Bonchev–Trinajstić information content (AvgIpc) is 2.70. The second-order valence-electron chi connectivity index (χ2n) is 6.91. The van der Waals surface area contributed by atoms with E-state index in [2.05, 4.69) is 12.2 Å². The number of halogens is 2.